The van der Waals surface area contributed by atoms with Crippen LogP contribution in [0, 0.1) is 0 Å². The zero-order chi connectivity index (χ0) is 15.2. The van der Waals surface area contributed by atoms with Crippen molar-refractivity contribution < 1.29 is 4.43 Å². The lowest BCUT2D eigenvalue weighted by atomic mass is 10.1. The molecule has 0 N–H and O–H groups in total. The first-order valence-electron chi connectivity index (χ1n) is 7.87. The van der Waals surface area contributed by atoms with Gasteiger partial charge in [-0.15, -0.1) is 0 Å². The van der Waals surface area contributed by atoms with Crippen molar-refractivity contribution in [3.63, 3.8) is 0 Å². The smallest absolute Gasteiger partial charge is 0.187 e. The molecule has 0 amide bonds. The van der Waals surface area contributed by atoms with Crippen molar-refractivity contribution in [1.82, 2.24) is 0 Å². The van der Waals surface area contributed by atoms with Gasteiger partial charge in [0.1, 0.15) is 0 Å². The Labute approximate surface area is 127 Å². The van der Waals surface area contributed by atoms with Gasteiger partial charge in [0.25, 0.3) is 0 Å². The number of unbranched alkanes of at least 4 members (excludes halogenated alkanes) is 1. The summed E-state index contributed by atoms with van der Waals surface area (Å²) in [6.45, 7) is 14.9. The predicted molar refractivity (Wildman–Crippen MR) is 91.9 cm³/mol. The molecule has 0 aliphatic carbocycles. The summed E-state index contributed by atoms with van der Waals surface area (Å²) < 4.78 is 6.35. The summed E-state index contributed by atoms with van der Waals surface area (Å²) >= 11 is 0. The maximum atomic E-state index is 6.35. The van der Waals surface area contributed by atoms with E-state index in [4.69, 9.17) is 4.43 Å². The van der Waals surface area contributed by atoms with Gasteiger partial charge in [0, 0.05) is 6.61 Å². The summed E-state index contributed by atoms with van der Waals surface area (Å²) in [5.74, 6) is 0. The molecule has 1 aromatic carbocycles. The SMILES string of the molecule is CC(C)(C)[SiH](OCCCCc1ccccc1)C(C)(C)C. The molecular formula is C18H32OSi. The van der Waals surface area contributed by atoms with Gasteiger partial charge in [0.05, 0.1) is 0 Å². The Balaban J connectivity index is 2.32. The number of benzene rings is 1. The molecule has 0 spiro atoms. The maximum Gasteiger partial charge on any atom is 0.187 e. The van der Waals surface area contributed by atoms with Crippen LogP contribution >= 0.6 is 0 Å². The fraction of sp³-hybridized carbons (Fsp3) is 0.667. The van der Waals surface area contributed by atoms with Crippen LogP contribution in [0.2, 0.25) is 10.1 Å². The highest BCUT2D eigenvalue weighted by Crippen LogP contribution is 2.42. The normalized spacial score (nSPS) is 12.9. The second-order valence-electron chi connectivity index (χ2n) is 7.93. The summed E-state index contributed by atoms with van der Waals surface area (Å²) in [6, 6.07) is 10.7. The Morgan fingerprint density at radius 3 is 1.90 bits per heavy atom. The average molecular weight is 293 g/mol. The monoisotopic (exact) mass is 292 g/mol. The lowest BCUT2D eigenvalue weighted by molar-refractivity contribution is 0.274. The molecule has 2 heteroatoms. The standard InChI is InChI=1S/C18H32OSi/c1-17(2,3)20(18(4,5)6)19-15-11-10-14-16-12-8-7-9-13-16/h7-9,12-13,20H,10-11,14-15H2,1-6H3. The fourth-order valence-corrected chi connectivity index (χ4v) is 7.08. The third-order valence-corrected chi connectivity index (χ3v) is 7.28. The van der Waals surface area contributed by atoms with Crippen LogP contribution in [0.3, 0.4) is 0 Å². The van der Waals surface area contributed by atoms with E-state index in [0.717, 1.165) is 6.61 Å². The Hall–Kier alpha value is -0.603. The van der Waals surface area contributed by atoms with Gasteiger partial charge in [-0.25, -0.2) is 0 Å². The zero-order valence-corrected chi connectivity index (χ0v) is 15.4. The molecule has 1 aromatic rings. The summed E-state index contributed by atoms with van der Waals surface area (Å²) in [5.41, 5.74) is 1.44. The van der Waals surface area contributed by atoms with E-state index in [2.05, 4.69) is 71.9 Å². The van der Waals surface area contributed by atoms with Gasteiger partial charge in [-0.05, 0) is 34.9 Å². The molecule has 0 radical (unpaired) electrons. The number of aryl methyl sites for hydroxylation is 1. The maximum absolute atomic E-state index is 6.35. The van der Waals surface area contributed by atoms with Crippen molar-refractivity contribution >= 4 is 9.04 Å². The van der Waals surface area contributed by atoms with Crippen LogP contribution < -0.4 is 0 Å². The van der Waals surface area contributed by atoms with E-state index in [9.17, 15) is 0 Å². The minimum absolute atomic E-state index is 0.331. The summed E-state index contributed by atoms with van der Waals surface area (Å²) in [7, 11) is -1.23. The molecule has 0 heterocycles. The van der Waals surface area contributed by atoms with Crippen molar-refractivity contribution in [2.45, 2.75) is 70.9 Å². The molecule has 1 rings (SSSR count). The van der Waals surface area contributed by atoms with Crippen molar-refractivity contribution in [3.05, 3.63) is 35.9 Å². The van der Waals surface area contributed by atoms with Crippen LogP contribution in [0.25, 0.3) is 0 Å². The van der Waals surface area contributed by atoms with Crippen molar-refractivity contribution in [2.24, 2.45) is 0 Å². The molecule has 0 bridgehead atoms. The second kappa shape index (κ2) is 7.42. The first-order valence-corrected chi connectivity index (χ1v) is 9.49. The molecule has 1 nitrogen and oxygen atoms in total. The molecule has 20 heavy (non-hydrogen) atoms. The Morgan fingerprint density at radius 2 is 1.40 bits per heavy atom. The summed E-state index contributed by atoms with van der Waals surface area (Å²) in [5, 5.41) is 0.662. The molecule has 0 saturated heterocycles. The highest BCUT2D eigenvalue weighted by Gasteiger charge is 2.37. The van der Waals surface area contributed by atoms with Gasteiger partial charge in [-0.1, -0.05) is 71.9 Å². The van der Waals surface area contributed by atoms with Crippen LogP contribution in [-0.4, -0.2) is 15.6 Å². The van der Waals surface area contributed by atoms with E-state index < -0.39 is 9.04 Å². The first kappa shape index (κ1) is 17.4. The van der Waals surface area contributed by atoms with Crippen molar-refractivity contribution in [3.8, 4) is 0 Å². The predicted octanol–water partition coefficient (Wildman–Crippen LogP) is 5.35. The quantitative estimate of drug-likeness (QED) is 0.507. The third kappa shape index (κ3) is 6.23. The average Bonchev–Trinajstić information content (AvgIpc) is 2.31. The van der Waals surface area contributed by atoms with Gasteiger partial charge in [0.2, 0.25) is 0 Å². The van der Waals surface area contributed by atoms with Crippen LogP contribution in [0.1, 0.15) is 59.9 Å². The van der Waals surface area contributed by atoms with Crippen LogP contribution in [0.4, 0.5) is 0 Å². The molecule has 114 valence electrons. The zero-order valence-electron chi connectivity index (χ0n) is 14.2. The molecule has 0 aliphatic heterocycles. The van der Waals surface area contributed by atoms with E-state index in [1.165, 1.54) is 24.8 Å². The Bertz CT molecular complexity index is 359. The molecule has 0 aromatic heterocycles. The first-order chi connectivity index (χ1) is 9.21. The van der Waals surface area contributed by atoms with Gasteiger partial charge < -0.3 is 4.43 Å². The van der Waals surface area contributed by atoms with E-state index in [-0.39, 0.29) is 0 Å². The van der Waals surface area contributed by atoms with Crippen LogP contribution in [-0.2, 0) is 10.8 Å². The van der Waals surface area contributed by atoms with Gasteiger partial charge in [-0.2, -0.15) is 0 Å². The highest BCUT2D eigenvalue weighted by molar-refractivity contribution is 6.58. The van der Waals surface area contributed by atoms with Gasteiger partial charge in [-0.3, -0.25) is 0 Å². The summed E-state index contributed by atoms with van der Waals surface area (Å²) in [6.07, 6.45) is 3.56. The van der Waals surface area contributed by atoms with Gasteiger partial charge >= 0.3 is 0 Å². The largest absolute Gasteiger partial charge is 0.419 e. The fourth-order valence-electron chi connectivity index (χ4n) is 3.08. The van der Waals surface area contributed by atoms with Crippen LogP contribution in [0.5, 0.6) is 0 Å². The van der Waals surface area contributed by atoms with Crippen molar-refractivity contribution in [2.75, 3.05) is 6.61 Å². The molecule has 0 saturated carbocycles. The van der Waals surface area contributed by atoms with Crippen LogP contribution in [0.15, 0.2) is 30.3 Å². The van der Waals surface area contributed by atoms with E-state index in [1.54, 1.807) is 0 Å². The van der Waals surface area contributed by atoms with Gasteiger partial charge in [0.15, 0.2) is 9.04 Å². The lowest BCUT2D eigenvalue weighted by Crippen LogP contribution is -2.38. The molecular weight excluding hydrogens is 260 g/mol. The summed E-state index contributed by atoms with van der Waals surface area (Å²) in [4.78, 5) is 0. The highest BCUT2D eigenvalue weighted by atomic mass is 28.3. The topological polar surface area (TPSA) is 9.23 Å². The molecule has 0 fully saturated rings. The molecule has 0 unspecified atom stereocenters. The molecule has 0 atom stereocenters. The Kier molecular flexibility index (Phi) is 6.47. The Morgan fingerprint density at radius 1 is 0.850 bits per heavy atom. The van der Waals surface area contributed by atoms with Crippen molar-refractivity contribution in [1.29, 1.82) is 0 Å². The number of hydrogen-bond donors (Lipinski definition) is 0. The number of hydrogen-bond acceptors (Lipinski definition) is 1. The lowest BCUT2D eigenvalue weighted by Gasteiger charge is -2.38. The van der Waals surface area contributed by atoms with E-state index >= 15 is 0 Å². The third-order valence-electron chi connectivity index (χ3n) is 3.56. The number of rotatable bonds is 6. The second-order valence-corrected chi connectivity index (χ2v) is 12.5. The minimum Gasteiger partial charge on any atom is -0.419 e. The van der Waals surface area contributed by atoms with E-state index in [1.807, 2.05) is 0 Å². The molecule has 0 aliphatic rings. The van der Waals surface area contributed by atoms with E-state index in [0.29, 0.717) is 10.1 Å². The minimum atomic E-state index is -1.23.